The highest BCUT2D eigenvalue weighted by Gasteiger charge is 2.05. The van der Waals surface area contributed by atoms with E-state index in [1.807, 2.05) is 0 Å². The monoisotopic (exact) mass is 155 g/mol. The molecule has 0 aliphatic carbocycles. The number of ether oxygens (including phenoxy) is 1. The first-order valence-electron chi connectivity index (χ1n) is 3.26. The molecule has 0 spiro atoms. The average molecular weight is 155 g/mol. The van der Waals surface area contributed by atoms with Gasteiger partial charge in [0.15, 0.2) is 0 Å². The maximum absolute atomic E-state index is 10.9. The van der Waals surface area contributed by atoms with Crippen molar-refractivity contribution in [3.8, 4) is 0 Å². The Morgan fingerprint density at radius 3 is 3.09 bits per heavy atom. The molecule has 2 N–H and O–H groups in total. The number of aliphatic hydroxyl groups is 1. The summed E-state index contributed by atoms with van der Waals surface area (Å²) >= 11 is 0. The van der Waals surface area contributed by atoms with Gasteiger partial charge in [0.1, 0.15) is 12.3 Å². The van der Waals surface area contributed by atoms with Crippen molar-refractivity contribution < 1.29 is 14.6 Å². The highest BCUT2D eigenvalue weighted by atomic mass is 16.5. The fourth-order valence-corrected chi connectivity index (χ4v) is 0.673. The Bertz CT molecular complexity index is 218. The molecule has 0 unspecified atom stereocenters. The molecule has 1 aromatic heterocycles. The van der Waals surface area contributed by atoms with E-state index in [4.69, 9.17) is 5.11 Å². The second-order valence-corrected chi connectivity index (χ2v) is 1.94. The van der Waals surface area contributed by atoms with Crippen molar-refractivity contribution >= 4 is 5.97 Å². The summed E-state index contributed by atoms with van der Waals surface area (Å²) in [5.74, 6) is -0.441. The number of aromatic amines is 1. The molecular formula is C7H9NO3. The van der Waals surface area contributed by atoms with Gasteiger partial charge in [-0.1, -0.05) is 0 Å². The van der Waals surface area contributed by atoms with Crippen LogP contribution >= 0.6 is 0 Å². The minimum atomic E-state index is -0.441. The first kappa shape index (κ1) is 7.81. The number of esters is 1. The molecule has 1 rings (SSSR count). The lowest BCUT2D eigenvalue weighted by molar-refractivity contribution is 0.0428. The summed E-state index contributed by atoms with van der Waals surface area (Å²) in [6.45, 7) is -0.107. The zero-order chi connectivity index (χ0) is 8.10. The van der Waals surface area contributed by atoms with Gasteiger partial charge in [0.05, 0.1) is 6.61 Å². The van der Waals surface area contributed by atoms with Gasteiger partial charge in [0.25, 0.3) is 0 Å². The Kier molecular flexibility index (Phi) is 2.68. The molecule has 0 saturated heterocycles. The van der Waals surface area contributed by atoms with Gasteiger partial charge in [-0.2, -0.15) is 0 Å². The van der Waals surface area contributed by atoms with E-state index in [1.54, 1.807) is 18.3 Å². The summed E-state index contributed by atoms with van der Waals surface area (Å²) in [4.78, 5) is 13.6. The molecule has 0 aliphatic rings. The highest BCUT2D eigenvalue weighted by molar-refractivity contribution is 5.87. The Balaban J connectivity index is 2.43. The van der Waals surface area contributed by atoms with Gasteiger partial charge in [-0.3, -0.25) is 0 Å². The number of H-pyrrole nitrogens is 1. The molecule has 0 radical (unpaired) electrons. The van der Waals surface area contributed by atoms with Crippen molar-refractivity contribution in [3.05, 3.63) is 24.0 Å². The molecule has 1 heterocycles. The van der Waals surface area contributed by atoms with E-state index >= 15 is 0 Å². The summed E-state index contributed by atoms with van der Waals surface area (Å²) in [6.07, 6.45) is 1.63. The maximum Gasteiger partial charge on any atom is 0.354 e. The molecule has 60 valence electrons. The number of rotatable bonds is 3. The van der Waals surface area contributed by atoms with Crippen molar-refractivity contribution in [1.82, 2.24) is 4.98 Å². The fourth-order valence-electron chi connectivity index (χ4n) is 0.673. The first-order chi connectivity index (χ1) is 5.34. The van der Waals surface area contributed by atoms with E-state index in [0.29, 0.717) is 5.69 Å². The van der Waals surface area contributed by atoms with Gasteiger partial charge < -0.3 is 14.8 Å². The van der Waals surface area contributed by atoms with Crippen LogP contribution in [0.2, 0.25) is 0 Å². The zero-order valence-corrected chi connectivity index (χ0v) is 5.91. The van der Waals surface area contributed by atoms with Crippen molar-refractivity contribution in [3.63, 3.8) is 0 Å². The van der Waals surface area contributed by atoms with E-state index in [-0.39, 0.29) is 13.2 Å². The second kappa shape index (κ2) is 3.78. The Labute approximate surface area is 63.8 Å². The lowest BCUT2D eigenvalue weighted by Crippen LogP contribution is -2.08. The van der Waals surface area contributed by atoms with Crippen LogP contribution in [0.5, 0.6) is 0 Å². The number of nitrogens with one attached hydrogen (secondary N) is 1. The summed E-state index contributed by atoms with van der Waals surface area (Å²) in [5, 5.41) is 8.33. The van der Waals surface area contributed by atoms with Crippen LogP contribution in [0.3, 0.4) is 0 Å². The van der Waals surface area contributed by atoms with Crippen molar-refractivity contribution in [2.24, 2.45) is 0 Å². The van der Waals surface area contributed by atoms with Crippen molar-refractivity contribution in [1.29, 1.82) is 0 Å². The van der Waals surface area contributed by atoms with Crippen molar-refractivity contribution in [2.75, 3.05) is 13.2 Å². The van der Waals surface area contributed by atoms with Crippen LogP contribution < -0.4 is 0 Å². The minimum Gasteiger partial charge on any atom is -0.459 e. The zero-order valence-electron chi connectivity index (χ0n) is 5.91. The quantitative estimate of drug-likeness (QED) is 0.611. The fraction of sp³-hybridized carbons (Fsp3) is 0.286. The van der Waals surface area contributed by atoms with Gasteiger partial charge in [0, 0.05) is 6.20 Å². The van der Waals surface area contributed by atoms with Gasteiger partial charge >= 0.3 is 5.97 Å². The summed E-state index contributed by atoms with van der Waals surface area (Å²) in [5.41, 5.74) is 0.401. The molecule has 4 nitrogen and oxygen atoms in total. The second-order valence-electron chi connectivity index (χ2n) is 1.94. The number of carbonyl (C=O) groups excluding carboxylic acids is 1. The smallest absolute Gasteiger partial charge is 0.354 e. The molecule has 0 atom stereocenters. The standard InChI is InChI=1S/C7H9NO3/c9-4-5-11-7(10)6-2-1-3-8-6/h1-3,8-9H,4-5H2. The molecule has 0 amide bonds. The van der Waals surface area contributed by atoms with Crippen molar-refractivity contribution in [2.45, 2.75) is 0 Å². The molecule has 0 aromatic carbocycles. The van der Waals surface area contributed by atoms with Crippen LogP contribution in [-0.2, 0) is 4.74 Å². The predicted octanol–water partition coefficient (Wildman–Crippen LogP) is 0.164. The number of carbonyl (C=O) groups is 1. The number of aromatic nitrogens is 1. The predicted molar refractivity (Wildman–Crippen MR) is 38.2 cm³/mol. The Hall–Kier alpha value is -1.29. The third kappa shape index (κ3) is 2.09. The number of hydrogen-bond donors (Lipinski definition) is 2. The summed E-state index contributed by atoms with van der Waals surface area (Å²) in [7, 11) is 0. The van der Waals surface area contributed by atoms with E-state index in [0.717, 1.165) is 0 Å². The Morgan fingerprint density at radius 1 is 1.73 bits per heavy atom. The molecule has 11 heavy (non-hydrogen) atoms. The van der Waals surface area contributed by atoms with Gasteiger partial charge in [-0.15, -0.1) is 0 Å². The molecule has 0 saturated carbocycles. The third-order valence-electron chi connectivity index (χ3n) is 1.14. The topological polar surface area (TPSA) is 62.3 Å². The van der Waals surface area contributed by atoms with Crippen LogP contribution in [0, 0.1) is 0 Å². The molecular weight excluding hydrogens is 146 g/mol. The van der Waals surface area contributed by atoms with E-state index in [2.05, 4.69) is 9.72 Å². The van der Waals surface area contributed by atoms with Crippen LogP contribution in [0.4, 0.5) is 0 Å². The lowest BCUT2D eigenvalue weighted by Gasteiger charge is -1.98. The summed E-state index contributed by atoms with van der Waals surface area (Å²) < 4.78 is 4.62. The first-order valence-corrected chi connectivity index (χ1v) is 3.26. The molecule has 4 heteroatoms. The number of hydrogen-bond acceptors (Lipinski definition) is 3. The van der Waals surface area contributed by atoms with E-state index in [1.165, 1.54) is 0 Å². The molecule has 0 bridgehead atoms. The maximum atomic E-state index is 10.9. The lowest BCUT2D eigenvalue weighted by atomic mass is 10.4. The SMILES string of the molecule is O=C(OCCO)c1ccc[nH]1. The summed E-state index contributed by atoms with van der Waals surface area (Å²) in [6, 6.07) is 3.31. The largest absolute Gasteiger partial charge is 0.459 e. The Morgan fingerprint density at radius 2 is 2.55 bits per heavy atom. The van der Waals surface area contributed by atoms with Crippen LogP contribution in [-0.4, -0.2) is 29.3 Å². The minimum absolute atomic E-state index is 0.0395. The van der Waals surface area contributed by atoms with Gasteiger partial charge in [-0.05, 0) is 12.1 Å². The highest BCUT2D eigenvalue weighted by Crippen LogP contribution is 1.96. The average Bonchev–Trinajstić information content (AvgIpc) is 2.52. The molecule has 0 fully saturated rings. The molecule has 1 aromatic rings. The van der Waals surface area contributed by atoms with Gasteiger partial charge in [0.2, 0.25) is 0 Å². The van der Waals surface area contributed by atoms with Crippen LogP contribution in [0.15, 0.2) is 18.3 Å². The third-order valence-corrected chi connectivity index (χ3v) is 1.14. The van der Waals surface area contributed by atoms with Crippen LogP contribution in [0.1, 0.15) is 10.5 Å². The van der Waals surface area contributed by atoms with Gasteiger partial charge in [-0.25, -0.2) is 4.79 Å². The number of aliphatic hydroxyl groups excluding tert-OH is 1. The van der Waals surface area contributed by atoms with E-state index in [9.17, 15) is 4.79 Å². The molecule has 0 aliphatic heterocycles. The normalized spacial score (nSPS) is 9.55. The van der Waals surface area contributed by atoms with Crippen LogP contribution in [0.25, 0.3) is 0 Å². The van der Waals surface area contributed by atoms with E-state index < -0.39 is 5.97 Å².